The van der Waals surface area contributed by atoms with Gasteiger partial charge in [-0.3, -0.25) is 0 Å². The molecule has 0 fully saturated rings. The van der Waals surface area contributed by atoms with Gasteiger partial charge in [-0.1, -0.05) is 60.7 Å². The molecular weight excluding hydrogens is 476 g/mol. The molecule has 2 aliphatic carbocycles. The quantitative estimate of drug-likeness (QED) is 0.312. The van der Waals surface area contributed by atoms with Crippen molar-refractivity contribution in [2.24, 2.45) is 0 Å². The summed E-state index contributed by atoms with van der Waals surface area (Å²) in [5, 5.41) is 0. The van der Waals surface area contributed by atoms with Crippen molar-refractivity contribution in [3.8, 4) is 0 Å². The first-order chi connectivity index (χ1) is 16.1. The second kappa shape index (κ2) is 13.9. The van der Waals surface area contributed by atoms with E-state index >= 15 is 0 Å². The Morgan fingerprint density at radius 2 is 0.970 bits per heavy atom. The number of allylic oxidation sites excluding steroid dienone is 8. The first kappa shape index (κ1) is 25.9. The topological polar surface area (TPSA) is 0 Å². The minimum absolute atomic E-state index is 0.484. The Morgan fingerprint density at radius 3 is 1.33 bits per heavy atom. The first-order valence-electron chi connectivity index (χ1n) is 12.8. The molecule has 4 rings (SSSR count). The third kappa shape index (κ3) is 7.93. The molecule has 0 bridgehead atoms. The molecule has 33 heavy (non-hydrogen) atoms. The molecule has 1 heteroatoms. The van der Waals surface area contributed by atoms with Crippen LogP contribution in [0.4, 0.5) is 0 Å². The van der Waals surface area contributed by atoms with Crippen LogP contribution in [0, 0.1) is 0 Å². The molecule has 0 saturated heterocycles. The molecule has 2 aromatic rings. The fourth-order valence-electron chi connectivity index (χ4n) is 4.62. The fraction of sp³-hybridized carbons (Fsp3) is 0.375. The van der Waals surface area contributed by atoms with Crippen molar-refractivity contribution in [2.75, 3.05) is 0 Å². The average molecular weight is 516 g/mol. The standard InChI is InChI=1S/C14H14.2C9H13.Zr/c1-3-7-13(8-4-1)11-12-14-9-5-2-6-10-14;2*1-3-5-9-7-4-6-8(9)2;/h1-10H,11-12H2;2*7H,3-5H2,1-2H3;. The van der Waals surface area contributed by atoms with E-state index in [2.05, 4.69) is 101 Å². The van der Waals surface area contributed by atoms with Crippen LogP contribution in [0.5, 0.6) is 0 Å². The number of aryl methyl sites for hydroxylation is 2. The zero-order valence-electron chi connectivity index (χ0n) is 21.1. The third-order valence-corrected chi connectivity index (χ3v) is 11.0. The normalized spacial score (nSPS) is 15.3. The zero-order chi connectivity index (χ0) is 23.5. The van der Waals surface area contributed by atoms with Crippen molar-refractivity contribution in [1.29, 1.82) is 0 Å². The summed E-state index contributed by atoms with van der Waals surface area (Å²) in [5.41, 5.74) is 9.45. The van der Waals surface area contributed by atoms with Crippen LogP contribution in [0.2, 0.25) is 0 Å². The van der Waals surface area contributed by atoms with Crippen molar-refractivity contribution in [3.05, 3.63) is 113 Å². The van der Waals surface area contributed by atoms with E-state index in [0.717, 1.165) is 12.8 Å². The molecule has 0 aliphatic heterocycles. The van der Waals surface area contributed by atoms with E-state index < -0.39 is 23.2 Å². The molecule has 0 saturated carbocycles. The average Bonchev–Trinajstić information content (AvgIpc) is 3.37. The minimum atomic E-state index is -0.484. The Kier molecular flexibility index (Phi) is 10.9. The number of rotatable bonds is 9. The summed E-state index contributed by atoms with van der Waals surface area (Å²) in [6.45, 7) is 9.32. The summed E-state index contributed by atoms with van der Waals surface area (Å²) in [5.74, 6) is 0. The SMILES string of the molecule is CCCC1=CC[C]([Zr][C]2=C(C)C(CCC)=CC2)=C1C.c1ccc(CCc2ccccc2)cc1. The molecule has 0 N–H and O–H groups in total. The third-order valence-electron chi connectivity index (χ3n) is 6.70. The Balaban J connectivity index is 0.000000194. The molecule has 0 atom stereocenters. The van der Waals surface area contributed by atoms with Gasteiger partial charge >= 0.3 is 130 Å². The molecule has 0 spiro atoms. The van der Waals surface area contributed by atoms with Crippen LogP contribution in [0.15, 0.2) is 102 Å². The smallest absolute Gasteiger partial charge is 0.0238 e. The predicted molar refractivity (Wildman–Crippen MR) is 141 cm³/mol. The molecule has 0 heterocycles. The molecule has 0 nitrogen and oxygen atoms in total. The van der Waals surface area contributed by atoms with Crippen molar-refractivity contribution in [1.82, 2.24) is 0 Å². The van der Waals surface area contributed by atoms with Gasteiger partial charge in [0.1, 0.15) is 0 Å². The number of benzene rings is 2. The second-order valence-electron chi connectivity index (χ2n) is 9.17. The van der Waals surface area contributed by atoms with Gasteiger partial charge < -0.3 is 0 Å². The van der Waals surface area contributed by atoms with E-state index in [1.807, 2.05) is 6.56 Å². The fourth-order valence-corrected chi connectivity index (χ4v) is 8.23. The van der Waals surface area contributed by atoms with Gasteiger partial charge in [0.15, 0.2) is 0 Å². The van der Waals surface area contributed by atoms with Crippen LogP contribution < -0.4 is 0 Å². The summed E-state index contributed by atoms with van der Waals surface area (Å²) >= 11 is -0.484. The maximum absolute atomic E-state index is 2.50. The second-order valence-corrected chi connectivity index (χ2v) is 12.8. The van der Waals surface area contributed by atoms with Gasteiger partial charge in [0, 0.05) is 0 Å². The van der Waals surface area contributed by atoms with Crippen molar-refractivity contribution < 1.29 is 23.2 Å². The Labute approximate surface area is 214 Å². The van der Waals surface area contributed by atoms with Crippen LogP contribution >= 0.6 is 0 Å². The van der Waals surface area contributed by atoms with E-state index in [-0.39, 0.29) is 0 Å². The summed E-state index contributed by atoms with van der Waals surface area (Å²) in [6, 6.07) is 21.2. The van der Waals surface area contributed by atoms with Crippen LogP contribution in [0.25, 0.3) is 0 Å². The monoisotopic (exact) mass is 514 g/mol. The predicted octanol–water partition coefficient (Wildman–Crippen LogP) is 9.35. The van der Waals surface area contributed by atoms with Gasteiger partial charge in [-0.15, -0.1) is 0 Å². The molecule has 0 aromatic heterocycles. The summed E-state index contributed by atoms with van der Waals surface area (Å²) in [7, 11) is 0. The van der Waals surface area contributed by atoms with Gasteiger partial charge in [-0.2, -0.15) is 0 Å². The van der Waals surface area contributed by atoms with E-state index in [4.69, 9.17) is 0 Å². The number of hydrogen-bond acceptors (Lipinski definition) is 0. The van der Waals surface area contributed by atoms with Crippen LogP contribution in [-0.2, 0) is 36.1 Å². The van der Waals surface area contributed by atoms with Gasteiger partial charge in [0.2, 0.25) is 0 Å². The molecule has 172 valence electrons. The summed E-state index contributed by atoms with van der Waals surface area (Å²) < 4.78 is 3.68. The summed E-state index contributed by atoms with van der Waals surface area (Å²) in [4.78, 5) is 0. The van der Waals surface area contributed by atoms with Gasteiger partial charge in [0.05, 0.1) is 0 Å². The van der Waals surface area contributed by atoms with E-state index in [1.165, 1.54) is 49.7 Å². The van der Waals surface area contributed by atoms with Crippen LogP contribution in [0.1, 0.15) is 77.3 Å². The minimum Gasteiger partial charge on any atom is -0.0622 e. The molecule has 0 radical (unpaired) electrons. The Bertz CT molecular complexity index is 919. The molecule has 0 amide bonds. The summed E-state index contributed by atoms with van der Waals surface area (Å²) in [6.07, 6.45) is 14.9. The van der Waals surface area contributed by atoms with E-state index in [1.54, 1.807) is 22.3 Å². The molecule has 2 aromatic carbocycles. The van der Waals surface area contributed by atoms with Gasteiger partial charge in [0.25, 0.3) is 0 Å². The number of hydrogen-bond donors (Lipinski definition) is 0. The largest absolute Gasteiger partial charge is 0.0622 e. The van der Waals surface area contributed by atoms with Crippen LogP contribution in [-0.4, -0.2) is 0 Å². The van der Waals surface area contributed by atoms with Gasteiger partial charge in [-0.25, -0.2) is 0 Å². The maximum atomic E-state index is 2.50. The van der Waals surface area contributed by atoms with Crippen molar-refractivity contribution in [3.63, 3.8) is 0 Å². The van der Waals surface area contributed by atoms with E-state index in [0.29, 0.717) is 0 Å². The van der Waals surface area contributed by atoms with Gasteiger partial charge in [-0.05, 0) is 24.0 Å². The Morgan fingerprint density at radius 1 is 0.576 bits per heavy atom. The molecular formula is C32H40Zr. The van der Waals surface area contributed by atoms with Crippen molar-refractivity contribution >= 4 is 0 Å². The van der Waals surface area contributed by atoms with Crippen molar-refractivity contribution in [2.45, 2.75) is 79.1 Å². The molecule has 2 aliphatic rings. The Hall–Kier alpha value is -1.72. The first-order valence-corrected chi connectivity index (χ1v) is 15.2. The zero-order valence-corrected chi connectivity index (χ0v) is 23.5. The molecule has 0 unspecified atom stereocenters. The van der Waals surface area contributed by atoms with Crippen LogP contribution in [0.3, 0.4) is 0 Å². The maximum Gasteiger partial charge on any atom is -0.0238 e. The van der Waals surface area contributed by atoms with E-state index in [9.17, 15) is 0 Å².